The van der Waals surface area contributed by atoms with Crippen LogP contribution in [0, 0.1) is 6.92 Å². The Hall–Kier alpha value is -1.39. The van der Waals surface area contributed by atoms with E-state index in [-0.39, 0.29) is 0 Å². The van der Waals surface area contributed by atoms with Gasteiger partial charge in [0.2, 0.25) is 0 Å². The van der Waals surface area contributed by atoms with Crippen molar-refractivity contribution < 1.29 is 0 Å². The summed E-state index contributed by atoms with van der Waals surface area (Å²) in [7, 11) is 1.89. The normalized spacial score (nSPS) is 11.2. The van der Waals surface area contributed by atoms with Crippen LogP contribution in [0.1, 0.15) is 5.56 Å². The number of aryl methyl sites for hydroxylation is 2. The summed E-state index contributed by atoms with van der Waals surface area (Å²) in [6.45, 7) is 2.06. The Morgan fingerprint density at radius 3 is 2.53 bits per heavy atom. The lowest BCUT2D eigenvalue weighted by Gasteiger charge is -2.03. The minimum Gasteiger partial charge on any atom is -0.318 e. The largest absolute Gasteiger partial charge is 0.318 e. The second-order valence-corrected chi connectivity index (χ2v) is 5.60. The van der Waals surface area contributed by atoms with Crippen molar-refractivity contribution in [3.8, 4) is 11.3 Å². The van der Waals surface area contributed by atoms with Crippen molar-refractivity contribution in [3.05, 3.63) is 45.8 Å². The molecule has 0 aliphatic heterocycles. The summed E-state index contributed by atoms with van der Waals surface area (Å²) >= 11 is 9.79. The maximum absolute atomic E-state index is 6.25. The number of fused-ring (bicyclic) bond motifs is 1. The van der Waals surface area contributed by atoms with E-state index >= 15 is 0 Å². The van der Waals surface area contributed by atoms with Crippen molar-refractivity contribution in [1.82, 2.24) is 14.5 Å². The second-order valence-electron chi connectivity index (χ2n) is 4.45. The molecule has 0 N–H and O–H groups in total. The topological polar surface area (TPSA) is 30.7 Å². The van der Waals surface area contributed by atoms with E-state index in [1.165, 1.54) is 5.56 Å². The van der Waals surface area contributed by atoms with Crippen LogP contribution in [-0.2, 0) is 7.05 Å². The van der Waals surface area contributed by atoms with Crippen LogP contribution in [0.2, 0.25) is 5.15 Å². The predicted molar refractivity (Wildman–Crippen MR) is 81.4 cm³/mol. The fraction of sp³-hybridized carbons (Fsp3) is 0.143. The molecule has 3 rings (SSSR count). The molecular weight excluding hydrogens is 326 g/mol. The van der Waals surface area contributed by atoms with Crippen molar-refractivity contribution in [2.24, 2.45) is 7.05 Å². The fourth-order valence-electron chi connectivity index (χ4n) is 2.11. The van der Waals surface area contributed by atoms with Crippen LogP contribution in [0.25, 0.3) is 22.3 Å². The zero-order valence-electron chi connectivity index (χ0n) is 10.5. The van der Waals surface area contributed by atoms with Crippen LogP contribution in [0.5, 0.6) is 0 Å². The minimum atomic E-state index is 0.629. The third-order valence-electron chi connectivity index (χ3n) is 3.17. The van der Waals surface area contributed by atoms with Crippen molar-refractivity contribution in [2.75, 3.05) is 0 Å². The summed E-state index contributed by atoms with van der Waals surface area (Å²) in [5, 5.41) is 1.57. The molecule has 3 nitrogen and oxygen atoms in total. The van der Waals surface area contributed by atoms with Gasteiger partial charge in [-0.2, -0.15) is 0 Å². The van der Waals surface area contributed by atoms with E-state index in [2.05, 4.69) is 57.1 Å². The molecule has 0 radical (unpaired) electrons. The van der Waals surface area contributed by atoms with Gasteiger partial charge in [0.15, 0.2) is 0 Å². The lowest BCUT2D eigenvalue weighted by molar-refractivity contribution is 0.943. The van der Waals surface area contributed by atoms with Gasteiger partial charge in [-0.3, -0.25) is 0 Å². The maximum atomic E-state index is 6.25. The van der Waals surface area contributed by atoms with E-state index < -0.39 is 0 Å². The van der Waals surface area contributed by atoms with Crippen molar-refractivity contribution in [2.45, 2.75) is 6.92 Å². The molecule has 0 atom stereocenters. The highest BCUT2D eigenvalue weighted by molar-refractivity contribution is 9.10. The summed E-state index contributed by atoms with van der Waals surface area (Å²) in [5.41, 5.74) is 3.99. The Bertz CT molecular complexity index is 762. The van der Waals surface area contributed by atoms with Gasteiger partial charge in [-0.25, -0.2) is 9.97 Å². The van der Waals surface area contributed by atoms with Gasteiger partial charge in [0.25, 0.3) is 0 Å². The molecule has 96 valence electrons. The zero-order chi connectivity index (χ0) is 13.6. The zero-order valence-corrected chi connectivity index (χ0v) is 12.8. The lowest BCUT2D eigenvalue weighted by Crippen LogP contribution is -1.92. The van der Waals surface area contributed by atoms with Crippen LogP contribution in [0.4, 0.5) is 0 Å². The van der Waals surface area contributed by atoms with Gasteiger partial charge < -0.3 is 4.57 Å². The van der Waals surface area contributed by atoms with Gasteiger partial charge >= 0.3 is 0 Å². The molecule has 1 aromatic carbocycles. The summed E-state index contributed by atoms with van der Waals surface area (Å²) in [5.74, 6) is 0. The molecule has 0 aliphatic carbocycles. The Morgan fingerprint density at radius 1 is 1.16 bits per heavy atom. The average molecular weight is 337 g/mol. The first-order chi connectivity index (χ1) is 9.09. The molecule has 0 amide bonds. The van der Waals surface area contributed by atoms with Gasteiger partial charge in [0.05, 0.1) is 15.6 Å². The molecule has 3 aromatic rings. The molecule has 0 fully saturated rings. The number of benzene rings is 1. The standard InChI is InChI=1S/C14H11BrClN3/c1-8-3-5-9(6-4-8)12-10-11(15)13(16)19(2)14(10)18-7-17-12/h3-7H,1-2H3. The van der Waals surface area contributed by atoms with Crippen molar-refractivity contribution >= 4 is 38.6 Å². The molecule has 0 bridgehead atoms. The smallest absolute Gasteiger partial charge is 0.146 e. The molecule has 0 spiro atoms. The fourth-order valence-corrected chi connectivity index (χ4v) is 2.91. The summed E-state index contributed by atoms with van der Waals surface area (Å²) in [4.78, 5) is 8.71. The third kappa shape index (κ3) is 1.95. The number of hydrogen-bond donors (Lipinski definition) is 0. The number of rotatable bonds is 1. The number of aromatic nitrogens is 3. The Morgan fingerprint density at radius 2 is 1.84 bits per heavy atom. The molecule has 0 aliphatic rings. The number of hydrogen-bond acceptors (Lipinski definition) is 2. The first kappa shape index (κ1) is 12.6. The molecule has 0 saturated heterocycles. The first-order valence-electron chi connectivity index (χ1n) is 5.81. The van der Waals surface area contributed by atoms with Crippen molar-refractivity contribution in [1.29, 1.82) is 0 Å². The van der Waals surface area contributed by atoms with Gasteiger partial charge in [-0.05, 0) is 22.9 Å². The summed E-state index contributed by atoms with van der Waals surface area (Å²) in [6.07, 6.45) is 1.57. The molecule has 2 heterocycles. The Balaban J connectivity index is 2.36. The van der Waals surface area contributed by atoms with E-state index in [9.17, 15) is 0 Å². The third-order valence-corrected chi connectivity index (χ3v) is 4.61. The van der Waals surface area contributed by atoms with Gasteiger partial charge in [-0.1, -0.05) is 41.4 Å². The quantitative estimate of drug-likeness (QED) is 0.661. The highest BCUT2D eigenvalue weighted by Crippen LogP contribution is 2.37. The molecule has 0 saturated carbocycles. The molecular formula is C14H11BrClN3. The summed E-state index contributed by atoms with van der Waals surface area (Å²) in [6, 6.07) is 8.26. The van der Waals surface area contributed by atoms with Crippen LogP contribution in [0.3, 0.4) is 0 Å². The lowest BCUT2D eigenvalue weighted by atomic mass is 10.1. The summed E-state index contributed by atoms with van der Waals surface area (Å²) < 4.78 is 2.68. The highest BCUT2D eigenvalue weighted by Gasteiger charge is 2.17. The predicted octanol–water partition coefficient (Wildman–Crippen LogP) is 4.36. The minimum absolute atomic E-state index is 0.629. The van der Waals surface area contributed by atoms with Gasteiger partial charge in [0.1, 0.15) is 17.1 Å². The van der Waals surface area contributed by atoms with Crippen molar-refractivity contribution in [3.63, 3.8) is 0 Å². The van der Waals surface area contributed by atoms with Crippen LogP contribution < -0.4 is 0 Å². The maximum Gasteiger partial charge on any atom is 0.146 e. The number of nitrogens with zero attached hydrogens (tertiary/aromatic N) is 3. The number of halogens is 2. The van der Waals surface area contributed by atoms with E-state index in [0.29, 0.717) is 5.15 Å². The van der Waals surface area contributed by atoms with E-state index in [4.69, 9.17) is 11.6 Å². The Kier molecular flexibility index (Phi) is 3.07. The molecule has 2 aromatic heterocycles. The first-order valence-corrected chi connectivity index (χ1v) is 6.98. The van der Waals surface area contributed by atoms with Crippen LogP contribution >= 0.6 is 27.5 Å². The van der Waals surface area contributed by atoms with Crippen LogP contribution in [0.15, 0.2) is 35.1 Å². The SMILES string of the molecule is Cc1ccc(-c2ncnc3c2c(Br)c(Cl)n3C)cc1. The molecule has 19 heavy (non-hydrogen) atoms. The second kappa shape index (κ2) is 4.62. The highest BCUT2D eigenvalue weighted by atomic mass is 79.9. The monoisotopic (exact) mass is 335 g/mol. The van der Waals surface area contributed by atoms with E-state index in [1.54, 1.807) is 6.33 Å². The van der Waals surface area contributed by atoms with E-state index in [0.717, 1.165) is 26.8 Å². The van der Waals surface area contributed by atoms with Gasteiger partial charge in [-0.15, -0.1) is 0 Å². The average Bonchev–Trinajstić information content (AvgIpc) is 2.65. The Labute approximate surface area is 124 Å². The molecule has 0 unspecified atom stereocenters. The van der Waals surface area contributed by atoms with Gasteiger partial charge in [0, 0.05) is 12.6 Å². The van der Waals surface area contributed by atoms with E-state index in [1.807, 2.05) is 11.6 Å². The van der Waals surface area contributed by atoms with Crippen LogP contribution in [-0.4, -0.2) is 14.5 Å². The molecule has 5 heteroatoms.